The van der Waals surface area contributed by atoms with Crippen LogP contribution in [0.15, 0.2) is 48.5 Å². The van der Waals surface area contributed by atoms with E-state index >= 15 is 0 Å². The lowest BCUT2D eigenvalue weighted by molar-refractivity contribution is -0.385. The van der Waals surface area contributed by atoms with Crippen LogP contribution in [0.25, 0.3) is 6.08 Å². The van der Waals surface area contributed by atoms with Gasteiger partial charge in [-0.15, -0.1) is 0 Å². The van der Waals surface area contributed by atoms with E-state index in [0.717, 1.165) is 22.9 Å². The van der Waals surface area contributed by atoms with Gasteiger partial charge < -0.3 is 10.1 Å². The van der Waals surface area contributed by atoms with E-state index in [9.17, 15) is 19.7 Å². The average molecular weight is 410 g/mol. The normalized spacial score (nSPS) is 11.1. The monoisotopic (exact) mass is 410 g/mol. The van der Waals surface area contributed by atoms with Crippen molar-refractivity contribution in [3.8, 4) is 0 Å². The van der Waals surface area contributed by atoms with Gasteiger partial charge in [-0.3, -0.25) is 14.9 Å². The largest absolute Gasteiger partial charge is 0.452 e. The van der Waals surface area contributed by atoms with E-state index in [-0.39, 0.29) is 23.1 Å². The summed E-state index contributed by atoms with van der Waals surface area (Å²) < 4.78 is 4.99. The highest BCUT2D eigenvalue weighted by atomic mass is 16.6. The lowest BCUT2D eigenvalue weighted by Gasteiger charge is -2.20. The second-order valence-corrected chi connectivity index (χ2v) is 7.43. The molecule has 0 atom stereocenters. The number of hydrogen-bond acceptors (Lipinski definition) is 5. The van der Waals surface area contributed by atoms with Crippen LogP contribution >= 0.6 is 0 Å². The van der Waals surface area contributed by atoms with Gasteiger partial charge in [-0.1, -0.05) is 58.0 Å². The number of nitrogens with zero attached hydrogens (tertiary/aromatic N) is 1. The molecular formula is C23H26N2O5. The molecule has 0 fully saturated rings. The number of amides is 1. The Hall–Kier alpha value is -3.48. The van der Waals surface area contributed by atoms with Gasteiger partial charge in [0.25, 0.3) is 11.6 Å². The Morgan fingerprint density at radius 2 is 1.63 bits per heavy atom. The Kier molecular flexibility index (Phi) is 7.86. The van der Waals surface area contributed by atoms with Gasteiger partial charge in [0.05, 0.1) is 10.5 Å². The summed E-state index contributed by atoms with van der Waals surface area (Å²) in [6.07, 6.45) is 2.36. The number of para-hydroxylation sites is 2. The van der Waals surface area contributed by atoms with Crippen LogP contribution in [0.4, 0.5) is 11.4 Å². The van der Waals surface area contributed by atoms with Gasteiger partial charge in [-0.2, -0.15) is 0 Å². The molecule has 2 aromatic rings. The molecule has 0 spiro atoms. The number of carbonyl (C=O) groups excluding carboxylic acids is 2. The summed E-state index contributed by atoms with van der Waals surface area (Å²) in [7, 11) is 0. The molecule has 0 radical (unpaired) electrons. The summed E-state index contributed by atoms with van der Waals surface area (Å²) in [5.41, 5.74) is 2.93. The summed E-state index contributed by atoms with van der Waals surface area (Å²) in [4.78, 5) is 34.8. The van der Waals surface area contributed by atoms with Crippen LogP contribution in [0.5, 0.6) is 0 Å². The van der Waals surface area contributed by atoms with Crippen molar-refractivity contribution in [2.75, 3.05) is 11.9 Å². The predicted molar refractivity (Wildman–Crippen MR) is 116 cm³/mol. The van der Waals surface area contributed by atoms with E-state index in [4.69, 9.17) is 4.74 Å². The molecule has 1 N–H and O–H groups in total. The van der Waals surface area contributed by atoms with Gasteiger partial charge in [-0.25, -0.2) is 4.79 Å². The van der Waals surface area contributed by atoms with Gasteiger partial charge in [0.1, 0.15) is 0 Å². The van der Waals surface area contributed by atoms with Crippen molar-refractivity contribution in [1.82, 2.24) is 0 Å². The van der Waals surface area contributed by atoms with Crippen LogP contribution in [0.2, 0.25) is 0 Å². The van der Waals surface area contributed by atoms with Crippen molar-refractivity contribution in [3.05, 3.63) is 75.3 Å². The van der Waals surface area contributed by atoms with Crippen molar-refractivity contribution in [1.29, 1.82) is 0 Å². The number of esters is 1. The fourth-order valence-electron chi connectivity index (χ4n) is 3.01. The van der Waals surface area contributed by atoms with Crippen LogP contribution in [0.1, 0.15) is 56.2 Å². The summed E-state index contributed by atoms with van der Waals surface area (Å²) in [6, 6.07) is 11.9. The maximum absolute atomic E-state index is 12.4. The fraction of sp³-hybridized carbons (Fsp3) is 0.304. The summed E-state index contributed by atoms with van der Waals surface area (Å²) in [5, 5.41) is 13.9. The van der Waals surface area contributed by atoms with Crippen molar-refractivity contribution in [2.45, 2.75) is 39.5 Å². The first kappa shape index (κ1) is 22.8. The number of rotatable bonds is 8. The molecule has 0 unspecified atom stereocenters. The van der Waals surface area contributed by atoms with E-state index in [1.165, 1.54) is 18.2 Å². The molecule has 30 heavy (non-hydrogen) atoms. The molecule has 1 amide bonds. The van der Waals surface area contributed by atoms with Crippen LogP contribution in [-0.2, 0) is 14.3 Å². The van der Waals surface area contributed by atoms with Crippen LogP contribution in [0.3, 0.4) is 0 Å². The molecule has 0 aliphatic rings. The van der Waals surface area contributed by atoms with Crippen molar-refractivity contribution in [3.63, 3.8) is 0 Å². The van der Waals surface area contributed by atoms with Crippen LogP contribution < -0.4 is 5.32 Å². The average Bonchev–Trinajstić information content (AvgIpc) is 2.70. The number of nitro groups is 1. The molecule has 2 aromatic carbocycles. The Morgan fingerprint density at radius 1 is 1.03 bits per heavy atom. The third kappa shape index (κ3) is 6.01. The zero-order valence-corrected chi connectivity index (χ0v) is 17.5. The van der Waals surface area contributed by atoms with Gasteiger partial charge in [-0.05, 0) is 35.1 Å². The SMILES string of the molecule is CC(C)c1cccc(C(C)C)c1NC(=O)COC(=O)/C=C/c1ccccc1[N+](=O)[O-]. The molecule has 0 saturated carbocycles. The zero-order chi connectivity index (χ0) is 22.3. The van der Waals surface area contributed by atoms with Crippen LogP contribution in [0, 0.1) is 10.1 Å². The third-order valence-corrected chi connectivity index (χ3v) is 4.52. The molecule has 2 rings (SSSR count). The Morgan fingerprint density at radius 3 is 2.20 bits per heavy atom. The number of hydrogen-bond donors (Lipinski definition) is 1. The molecule has 158 valence electrons. The Balaban J connectivity index is 2.04. The predicted octanol–water partition coefficient (Wildman–Crippen LogP) is 5.04. The van der Waals surface area contributed by atoms with E-state index < -0.39 is 23.4 Å². The van der Waals surface area contributed by atoms with E-state index in [1.54, 1.807) is 12.1 Å². The first-order valence-electron chi connectivity index (χ1n) is 9.71. The van der Waals surface area contributed by atoms with Crippen LogP contribution in [-0.4, -0.2) is 23.4 Å². The van der Waals surface area contributed by atoms with Gasteiger partial charge in [0, 0.05) is 17.8 Å². The van der Waals surface area contributed by atoms with Crippen molar-refractivity contribution in [2.24, 2.45) is 0 Å². The van der Waals surface area contributed by atoms with Crippen molar-refractivity contribution >= 4 is 29.3 Å². The number of carbonyl (C=O) groups is 2. The highest BCUT2D eigenvalue weighted by Crippen LogP contribution is 2.32. The quantitative estimate of drug-likeness (QED) is 0.285. The van der Waals surface area contributed by atoms with E-state index in [2.05, 4.69) is 5.32 Å². The topological polar surface area (TPSA) is 98.5 Å². The summed E-state index contributed by atoms with van der Waals surface area (Å²) in [5.74, 6) is -0.778. The number of nitro benzene ring substituents is 1. The van der Waals surface area contributed by atoms with Gasteiger partial charge >= 0.3 is 5.97 Å². The first-order valence-corrected chi connectivity index (χ1v) is 9.71. The molecule has 7 nitrogen and oxygen atoms in total. The highest BCUT2D eigenvalue weighted by molar-refractivity contribution is 5.96. The first-order chi connectivity index (χ1) is 14.2. The molecule has 0 saturated heterocycles. The second kappa shape index (κ2) is 10.3. The van der Waals surface area contributed by atoms with Crippen molar-refractivity contribution < 1.29 is 19.2 Å². The van der Waals surface area contributed by atoms with Gasteiger partial charge in [0.15, 0.2) is 6.61 Å². The third-order valence-electron chi connectivity index (χ3n) is 4.52. The maximum Gasteiger partial charge on any atom is 0.331 e. The molecule has 0 aromatic heterocycles. The summed E-state index contributed by atoms with van der Waals surface area (Å²) in [6.45, 7) is 7.72. The molecule has 0 bridgehead atoms. The molecule has 0 aliphatic heterocycles. The number of benzene rings is 2. The van der Waals surface area contributed by atoms with E-state index in [0.29, 0.717) is 0 Å². The van der Waals surface area contributed by atoms with Gasteiger partial charge in [0.2, 0.25) is 0 Å². The lowest BCUT2D eigenvalue weighted by atomic mass is 9.92. The number of nitrogens with one attached hydrogen (secondary N) is 1. The lowest BCUT2D eigenvalue weighted by Crippen LogP contribution is -2.22. The standard InChI is InChI=1S/C23H26N2O5/c1-15(2)18-9-7-10-19(16(3)4)23(18)24-21(26)14-30-22(27)13-12-17-8-5-6-11-20(17)25(28)29/h5-13,15-16H,14H2,1-4H3,(H,24,26)/b13-12+. The minimum Gasteiger partial charge on any atom is -0.452 e. The molecule has 7 heteroatoms. The number of ether oxygens (including phenoxy) is 1. The highest BCUT2D eigenvalue weighted by Gasteiger charge is 2.16. The smallest absolute Gasteiger partial charge is 0.331 e. The zero-order valence-electron chi connectivity index (χ0n) is 17.5. The fourth-order valence-corrected chi connectivity index (χ4v) is 3.01. The molecular weight excluding hydrogens is 384 g/mol. The summed E-state index contributed by atoms with van der Waals surface area (Å²) >= 11 is 0. The minimum atomic E-state index is -0.760. The van der Waals surface area contributed by atoms with E-state index in [1.807, 2.05) is 45.9 Å². The maximum atomic E-state index is 12.4. The molecule has 0 heterocycles. The minimum absolute atomic E-state index is 0.120. The number of anilines is 1. The Labute approximate surface area is 175 Å². The Bertz CT molecular complexity index is 938. The molecule has 0 aliphatic carbocycles. The second-order valence-electron chi connectivity index (χ2n) is 7.43.